The lowest BCUT2D eigenvalue weighted by Gasteiger charge is -2.22. The molecule has 1 saturated heterocycles. The maximum Gasteiger partial charge on any atom is 0.276 e. The predicted molar refractivity (Wildman–Crippen MR) is 103 cm³/mol. The molecule has 0 aliphatic carbocycles. The highest BCUT2D eigenvalue weighted by molar-refractivity contribution is 5.92. The summed E-state index contributed by atoms with van der Waals surface area (Å²) in [6.07, 6.45) is 5.24. The van der Waals surface area contributed by atoms with E-state index in [0.717, 1.165) is 25.1 Å². The molecule has 0 N–H and O–H groups in total. The van der Waals surface area contributed by atoms with Gasteiger partial charge in [-0.1, -0.05) is 5.16 Å². The molecule has 1 aliphatic heterocycles. The van der Waals surface area contributed by atoms with Crippen molar-refractivity contribution in [2.75, 3.05) is 19.7 Å². The topological polar surface area (TPSA) is 95.5 Å². The zero-order valence-electron chi connectivity index (χ0n) is 16.2. The first-order valence-corrected chi connectivity index (χ1v) is 9.67. The molecule has 1 fully saturated rings. The van der Waals surface area contributed by atoms with Crippen molar-refractivity contribution in [2.24, 2.45) is 0 Å². The quantitative estimate of drug-likeness (QED) is 0.576. The zero-order chi connectivity index (χ0) is 20.1. The number of benzene rings is 1. The lowest BCUT2D eigenvalue weighted by molar-refractivity contribution is 0.0531. The van der Waals surface area contributed by atoms with Crippen molar-refractivity contribution < 1.29 is 18.8 Å². The summed E-state index contributed by atoms with van der Waals surface area (Å²) in [5.41, 5.74) is 1.17. The molecule has 9 nitrogen and oxygen atoms in total. The number of nitrogens with zero attached hydrogens (tertiary/aromatic N) is 5. The van der Waals surface area contributed by atoms with Gasteiger partial charge in [-0.2, -0.15) is 5.10 Å². The van der Waals surface area contributed by atoms with E-state index in [1.54, 1.807) is 22.0 Å². The van der Waals surface area contributed by atoms with E-state index in [1.807, 2.05) is 31.2 Å². The van der Waals surface area contributed by atoms with Crippen LogP contribution in [0.1, 0.15) is 36.0 Å². The second-order valence-corrected chi connectivity index (χ2v) is 6.78. The van der Waals surface area contributed by atoms with Gasteiger partial charge >= 0.3 is 0 Å². The van der Waals surface area contributed by atoms with Crippen LogP contribution in [0, 0.1) is 0 Å². The van der Waals surface area contributed by atoms with Gasteiger partial charge in [0.15, 0.2) is 11.5 Å². The van der Waals surface area contributed by atoms with Crippen molar-refractivity contribution >= 4 is 5.91 Å². The van der Waals surface area contributed by atoms with Crippen LogP contribution in [0.3, 0.4) is 0 Å². The molecule has 1 aliphatic rings. The van der Waals surface area contributed by atoms with Crippen molar-refractivity contribution in [3.8, 4) is 11.4 Å². The molecular weight excluding hydrogens is 374 g/mol. The van der Waals surface area contributed by atoms with Gasteiger partial charge in [0.1, 0.15) is 25.0 Å². The third kappa shape index (κ3) is 4.62. The maximum atomic E-state index is 12.7. The molecule has 0 saturated carbocycles. The minimum absolute atomic E-state index is 0.106. The molecule has 0 bridgehead atoms. The predicted octanol–water partition coefficient (Wildman–Crippen LogP) is 2.48. The first-order chi connectivity index (χ1) is 14.2. The molecule has 1 aromatic carbocycles. The van der Waals surface area contributed by atoms with E-state index in [0.29, 0.717) is 24.6 Å². The molecule has 1 amide bonds. The molecule has 152 valence electrons. The minimum atomic E-state index is -0.157. The fraction of sp³-hybridized carbons (Fsp3) is 0.400. The Morgan fingerprint density at radius 2 is 2.21 bits per heavy atom. The largest absolute Gasteiger partial charge is 0.486 e. The van der Waals surface area contributed by atoms with Crippen LogP contribution in [-0.4, -0.2) is 56.5 Å². The van der Waals surface area contributed by atoms with E-state index in [-0.39, 0.29) is 24.3 Å². The van der Waals surface area contributed by atoms with Gasteiger partial charge in [-0.25, -0.2) is 9.67 Å². The van der Waals surface area contributed by atoms with Crippen molar-refractivity contribution in [3.63, 3.8) is 0 Å². The summed E-state index contributed by atoms with van der Waals surface area (Å²) in [5, 5.41) is 7.99. The average molecular weight is 397 g/mol. The summed E-state index contributed by atoms with van der Waals surface area (Å²) in [7, 11) is 0. The van der Waals surface area contributed by atoms with E-state index in [2.05, 4.69) is 15.2 Å². The fourth-order valence-electron chi connectivity index (χ4n) is 3.22. The summed E-state index contributed by atoms with van der Waals surface area (Å²) in [6.45, 7) is 4.06. The van der Waals surface area contributed by atoms with Crippen LogP contribution < -0.4 is 4.74 Å². The Labute approximate surface area is 168 Å². The molecule has 0 radical (unpaired) electrons. The van der Waals surface area contributed by atoms with Crippen molar-refractivity contribution in [1.82, 2.24) is 24.8 Å². The molecule has 2 aromatic heterocycles. The Kier molecular flexibility index (Phi) is 5.85. The van der Waals surface area contributed by atoms with Crippen molar-refractivity contribution in [3.05, 3.63) is 54.4 Å². The van der Waals surface area contributed by atoms with Crippen LogP contribution >= 0.6 is 0 Å². The normalized spacial score (nSPS) is 16.1. The third-order valence-corrected chi connectivity index (χ3v) is 4.80. The molecule has 4 rings (SSSR count). The second-order valence-electron chi connectivity index (χ2n) is 6.78. The second kappa shape index (κ2) is 8.87. The van der Waals surface area contributed by atoms with Gasteiger partial charge in [-0.05, 0) is 44.0 Å². The number of rotatable bonds is 8. The third-order valence-electron chi connectivity index (χ3n) is 4.80. The Bertz CT molecular complexity index is 917. The highest BCUT2D eigenvalue weighted by atomic mass is 16.5. The number of carbonyl (C=O) groups excluding carboxylic acids is 1. The monoisotopic (exact) mass is 397 g/mol. The summed E-state index contributed by atoms with van der Waals surface area (Å²) in [5.74, 6) is 1.00. The van der Waals surface area contributed by atoms with Crippen LogP contribution in [-0.2, 0) is 11.3 Å². The molecule has 0 spiro atoms. The summed E-state index contributed by atoms with van der Waals surface area (Å²) >= 11 is 0. The van der Waals surface area contributed by atoms with Gasteiger partial charge < -0.3 is 18.9 Å². The molecule has 3 heterocycles. The molecule has 29 heavy (non-hydrogen) atoms. The van der Waals surface area contributed by atoms with Gasteiger partial charge in [0.25, 0.3) is 5.91 Å². The smallest absolute Gasteiger partial charge is 0.276 e. The maximum absolute atomic E-state index is 12.7. The molecule has 1 unspecified atom stereocenters. The van der Waals surface area contributed by atoms with E-state index < -0.39 is 0 Å². The van der Waals surface area contributed by atoms with Gasteiger partial charge in [0.2, 0.25) is 0 Å². The van der Waals surface area contributed by atoms with Gasteiger partial charge in [-0.3, -0.25) is 4.79 Å². The first-order valence-electron chi connectivity index (χ1n) is 9.67. The van der Waals surface area contributed by atoms with Gasteiger partial charge in [0, 0.05) is 25.8 Å². The van der Waals surface area contributed by atoms with E-state index >= 15 is 0 Å². The lowest BCUT2D eigenvalue weighted by Crippen LogP contribution is -2.37. The summed E-state index contributed by atoms with van der Waals surface area (Å²) in [6, 6.07) is 9.05. The Hall–Kier alpha value is -3.20. The minimum Gasteiger partial charge on any atom is -0.486 e. The number of aromatic nitrogens is 4. The Balaban J connectivity index is 1.33. The standard InChI is InChI=1S/C20H23N5O4/c1-2-24(11-17-4-3-9-27-17)20(26)19-10-18(29-23-19)12-28-16-7-5-15(6-8-16)25-14-21-13-22-25/h5-8,10,13-14,17H,2-4,9,11-12H2,1H3. The molecule has 1 atom stereocenters. The molecule has 9 heteroatoms. The van der Waals surface area contributed by atoms with Crippen molar-refractivity contribution in [2.45, 2.75) is 32.5 Å². The first kappa shape index (κ1) is 19.1. The summed E-state index contributed by atoms with van der Waals surface area (Å²) in [4.78, 5) is 18.4. The van der Waals surface area contributed by atoms with E-state index in [1.165, 1.54) is 6.33 Å². The van der Waals surface area contributed by atoms with E-state index in [4.69, 9.17) is 14.0 Å². The van der Waals surface area contributed by atoms with Crippen LogP contribution in [0.5, 0.6) is 5.75 Å². The molecule has 3 aromatic rings. The Morgan fingerprint density at radius 1 is 1.34 bits per heavy atom. The average Bonchev–Trinajstić information content (AvgIpc) is 3.53. The van der Waals surface area contributed by atoms with Crippen LogP contribution in [0.2, 0.25) is 0 Å². The SMILES string of the molecule is CCN(CC1CCCO1)C(=O)c1cc(COc2ccc(-n3cncn3)cc2)on1. The highest BCUT2D eigenvalue weighted by Crippen LogP contribution is 2.18. The van der Waals surface area contributed by atoms with Crippen LogP contribution in [0.25, 0.3) is 5.69 Å². The number of hydrogen-bond donors (Lipinski definition) is 0. The van der Waals surface area contributed by atoms with Gasteiger partial charge in [0.05, 0.1) is 11.8 Å². The zero-order valence-corrected chi connectivity index (χ0v) is 16.2. The van der Waals surface area contributed by atoms with E-state index in [9.17, 15) is 4.79 Å². The number of hydrogen-bond acceptors (Lipinski definition) is 7. The molecular formula is C20H23N5O4. The van der Waals surface area contributed by atoms with Crippen LogP contribution in [0.15, 0.2) is 47.5 Å². The van der Waals surface area contributed by atoms with Crippen molar-refractivity contribution in [1.29, 1.82) is 0 Å². The Morgan fingerprint density at radius 3 is 2.90 bits per heavy atom. The lowest BCUT2D eigenvalue weighted by atomic mass is 10.2. The number of amides is 1. The number of ether oxygens (including phenoxy) is 2. The number of carbonyl (C=O) groups is 1. The number of likely N-dealkylation sites (N-methyl/N-ethyl adjacent to an activating group) is 1. The highest BCUT2D eigenvalue weighted by Gasteiger charge is 2.24. The van der Waals surface area contributed by atoms with Gasteiger partial charge in [-0.15, -0.1) is 0 Å². The fourth-order valence-corrected chi connectivity index (χ4v) is 3.22. The summed E-state index contributed by atoms with van der Waals surface area (Å²) < 4.78 is 18.3. The van der Waals surface area contributed by atoms with Crippen LogP contribution in [0.4, 0.5) is 0 Å².